The van der Waals surface area contributed by atoms with Crippen LogP contribution < -0.4 is 5.73 Å². The summed E-state index contributed by atoms with van der Waals surface area (Å²) in [5, 5.41) is 19.0. The number of aliphatic hydroxyl groups excluding tert-OH is 2. The molecule has 4 aliphatic rings. The average Bonchev–Trinajstić information content (AvgIpc) is 3.45. The number of nitrogens with two attached hydrogens (primary N) is 1. The van der Waals surface area contributed by atoms with Crippen LogP contribution in [-0.2, 0) is 14.2 Å². The summed E-state index contributed by atoms with van der Waals surface area (Å²) in [4.78, 5) is 0. The van der Waals surface area contributed by atoms with Gasteiger partial charge in [0.25, 0.3) is 0 Å². The van der Waals surface area contributed by atoms with Gasteiger partial charge in [0.15, 0.2) is 6.29 Å². The summed E-state index contributed by atoms with van der Waals surface area (Å²) in [6.07, 6.45) is 16.7. The Morgan fingerprint density at radius 2 is 1.71 bits per heavy atom. The van der Waals surface area contributed by atoms with E-state index in [0.717, 1.165) is 19.3 Å². The Labute approximate surface area is 232 Å². The average molecular weight is 538 g/mol. The molecule has 0 saturated heterocycles. The maximum Gasteiger partial charge on any atom is 0.180 e. The lowest BCUT2D eigenvalue weighted by atomic mass is 9.49. The third kappa shape index (κ3) is 5.36. The molecule has 0 amide bonds. The number of hydrogen-bond donors (Lipinski definition) is 3. The van der Waals surface area contributed by atoms with Gasteiger partial charge < -0.3 is 30.2 Å². The highest BCUT2D eigenvalue weighted by molar-refractivity contribution is 5.28. The maximum atomic E-state index is 9.84. The van der Waals surface area contributed by atoms with Crippen molar-refractivity contribution in [3.05, 3.63) is 0 Å². The molecule has 38 heavy (non-hydrogen) atoms. The van der Waals surface area contributed by atoms with Crippen LogP contribution in [0.5, 0.6) is 0 Å². The molecule has 4 saturated carbocycles. The molecule has 4 rings (SSSR count). The minimum Gasteiger partial charge on any atom is -0.394 e. The molecule has 6 heteroatoms. The number of hydrogen-bond acceptors (Lipinski definition) is 6. The van der Waals surface area contributed by atoms with E-state index in [2.05, 4.69) is 27.7 Å². The molecule has 0 bridgehead atoms. The zero-order valence-corrected chi connectivity index (χ0v) is 25.2. The van der Waals surface area contributed by atoms with E-state index in [1.807, 2.05) is 7.11 Å². The van der Waals surface area contributed by atoms with Gasteiger partial charge in [-0.2, -0.15) is 0 Å². The van der Waals surface area contributed by atoms with Gasteiger partial charge >= 0.3 is 0 Å². The zero-order valence-electron chi connectivity index (χ0n) is 25.2. The van der Waals surface area contributed by atoms with Gasteiger partial charge in [-0.25, -0.2) is 0 Å². The van der Waals surface area contributed by atoms with Gasteiger partial charge in [0.1, 0.15) is 0 Å². The van der Waals surface area contributed by atoms with Gasteiger partial charge in [-0.15, -0.1) is 0 Å². The molecule has 4 aliphatic carbocycles. The Bertz CT molecular complexity index is 762. The number of methoxy groups -OCH3 is 1. The minimum atomic E-state index is -0.665. The summed E-state index contributed by atoms with van der Waals surface area (Å²) >= 11 is 0. The van der Waals surface area contributed by atoms with Crippen molar-refractivity contribution in [2.75, 3.05) is 26.9 Å². The molecule has 0 heterocycles. The van der Waals surface area contributed by atoms with Crippen molar-refractivity contribution in [2.45, 2.75) is 142 Å². The highest BCUT2D eigenvalue weighted by Gasteiger charge is 2.79. The molecule has 4 fully saturated rings. The first-order chi connectivity index (χ1) is 18.2. The molecule has 9 unspecified atom stereocenters. The first kappa shape index (κ1) is 30.7. The van der Waals surface area contributed by atoms with Crippen molar-refractivity contribution in [1.29, 1.82) is 0 Å². The first-order valence-corrected chi connectivity index (χ1v) is 16.0. The molecule has 6 nitrogen and oxygen atoms in total. The Morgan fingerprint density at radius 1 is 0.974 bits per heavy atom. The molecule has 0 aromatic rings. The normalized spacial score (nSPS) is 42.5. The topological polar surface area (TPSA) is 94.2 Å². The fourth-order valence-corrected chi connectivity index (χ4v) is 10.3. The second kappa shape index (κ2) is 12.3. The summed E-state index contributed by atoms with van der Waals surface area (Å²) in [6.45, 7) is 9.35. The van der Waals surface area contributed by atoms with Crippen molar-refractivity contribution in [2.24, 2.45) is 39.7 Å². The Morgan fingerprint density at radius 3 is 2.37 bits per heavy atom. The second-order valence-corrected chi connectivity index (χ2v) is 14.1. The van der Waals surface area contributed by atoms with E-state index in [9.17, 15) is 10.2 Å². The lowest BCUT2D eigenvalue weighted by Gasteiger charge is -2.57. The molecule has 0 aromatic carbocycles. The highest BCUT2D eigenvalue weighted by atomic mass is 16.7. The lowest BCUT2D eigenvalue weighted by molar-refractivity contribution is -0.237. The fraction of sp³-hybridized carbons (Fsp3) is 1.00. The third-order valence-electron chi connectivity index (χ3n) is 11.9. The van der Waals surface area contributed by atoms with Crippen LogP contribution in [-0.4, -0.2) is 61.2 Å². The number of unbranched alkanes of at least 4 members (excludes halogenated alkanes) is 3. The van der Waals surface area contributed by atoms with Gasteiger partial charge in [-0.3, -0.25) is 0 Å². The largest absolute Gasteiger partial charge is 0.394 e. The predicted octanol–water partition coefficient (Wildman–Crippen LogP) is 5.81. The summed E-state index contributed by atoms with van der Waals surface area (Å²) < 4.78 is 18.1. The molecule has 0 aromatic heterocycles. The lowest BCUT2D eigenvalue weighted by Crippen LogP contribution is -2.57. The summed E-state index contributed by atoms with van der Waals surface area (Å²) in [5.74, 6) is 1.78. The van der Waals surface area contributed by atoms with Crippen LogP contribution in [0.4, 0.5) is 0 Å². The van der Waals surface area contributed by atoms with Gasteiger partial charge in [-0.05, 0) is 91.8 Å². The molecule has 1 spiro atoms. The molecule has 9 atom stereocenters. The summed E-state index contributed by atoms with van der Waals surface area (Å²) in [5.41, 5.74) is 8.15. The number of aliphatic hydroxyl groups is 2. The Kier molecular flexibility index (Phi) is 9.96. The van der Waals surface area contributed by atoms with Crippen molar-refractivity contribution < 1.29 is 24.4 Å². The summed E-state index contributed by atoms with van der Waals surface area (Å²) in [7, 11) is 1.90. The maximum absolute atomic E-state index is 9.84. The standard InChI is InChI=1S/C32H59NO5/c1-6-8-10-11-23-19-32(33,20-24(23)36-5)26-13-12-25-29(3,4)27(38-28(21-35)37-18-17-34)14-16-31(25)22-30(26,31)15-9-7-2/h23-28,34-35H,6-22,33H2,1-5H3. The SMILES string of the molecule is CCCCCC1CC(N)(C2CCC3C(C)(C)C(OC(CO)OCCO)CCC34CC24CCCC)CC1OC. The van der Waals surface area contributed by atoms with E-state index in [1.165, 1.54) is 70.6 Å². The predicted molar refractivity (Wildman–Crippen MR) is 152 cm³/mol. The van der Waals surface area contributed by atoms with Crippen LogP contribution >= 0.6 is 0 Å². The van der Waals surface area contributed by atoms with Gasteiger partial charge in [-0.1, -0.05) is 59.8 Å². The van der Waals surface area contributed by atoms with E-state index in [-0.39, 0.29) is 36.9 Å². The van der Waals surface area contributed by atoms with E-state index < -0.39 is 6.29 Å². The summed E-state index contributed by atoms with van der Waals surface area (Å²) in [6, 6.07) is 0. The molecular weight excluding hydrogens is 478 g/mol. The van der Waals surface area contributed by atoms with Crippen LogP contribution in [0.2, 0.25) is 0 Å². The van der Waals surface area contributed by atoms with Crippen LogP contribution in [0.1, 0.15) is 118 Å². The molecule has 0 aliphatic heterocycles. The first-order valence-electron chi connectivity index (χ1n) is 16.0. The smallest absolute Gasteiger partial charge is 0.180 e. The van der Waals surface area contributed by atoms with Crippen molar-refractivity contribution in [1.82, 2.24) is 0 Å². The van der Waals surface area contributed by atoms with E-state index >= 15 is 0 Å². The zero-order chi connectivity index (χ0) is 27.6. The van der Waals surface area contributed by atoms with Crippen LogP contribution in [0.15, 0.2) is 0 Å². The Balaban J connectivity index is 1.55. The van der Waals surface area contributed by atoms with Crippen molar-refractivity contribution in [3.63, 3.8) is 0 Å². The van der Waals surface area contributed by atoms with Gasteiger partial charge in [0.2, 0.25) is 0 Å². The second-order valence-electron chi connectivity index (χ2n) is 14.1. The minimum absolute atomic E-state index is 0.00235. The van der Waals surface area contributed by atoms with E-state index in [4.69, 9.17) is 19.9 Å². The van der Waals surface area contributed by atoms with Crippen LogP contribution in [0.3, 0.4) is 0 Å². The van der Waals surface area contributed by atoms with Crippen LogP contribution in [0.25, 0.3) is 0 Å². The monoisotopic (exact) mass is 537 g/mol. The van der Waals surface area contributed by atoms with E-state index in [1.54, 1.807) is 0 Å². The fourth-order valence-electron chi connectivity index (χ4n) is 10.3. The van der Waals surface area contributed by atoms with Gasteiger partial charge in [0, 0.05) is 12.6 Å². The third-order valence-corrected chi connectivity index (χ3v) is 11.9. The highest BCUT2D eigenvalue weighted by Crippen LogP contribution is 2.84. The van der Waals surface area contributed by atoms with E-state index in [0.29, 0.717) is 34.7 Å². The molecular formula is C32H59NO5. The van der Waals surface area contributed by atoms with Crippen molar-refractivity contribution >= 4 is 0 Å². The molecule has 222 valence electrons. The Hall–Kier alpha value is -0.240. The van der Waals surface area contributed by atoms with Crippen molar-refractivity contribution in [3.8, 4) is 0 Å². The number of ether oxygens (including phenoxy) is 3. The van der Waals surface area contributed by atoms with Gasteiger partial charge in [0.05, 0.1) is 32.0 Å². The molecule has 0 radical (unpaired) electrons. The van der Waals surface area contributed by atoms with Crippen LogP contribution in [0, 0.1) is 34.0 Å². The quantitative estimate of drug-likeness (QED) is 0.180. The molecule has 4 N–H and O–H groups in total. The number of rotatable bonds is 15.